The monoisotopic (exact) mass is 287 g/mol. The molecule has 0 bridgehead atoms. The van der Waals surface area contributed by atoms with Crippen molar-refractivity contribution in [2.45, 2.75) is 38.2 Å². The number of aliphatic hydroxyl groups is 1. The molecular formula is C14H29N3O3. The molecule has 1 fully saturated rings. The molecule has 0 heterocycles. The lowest BCUT2D eigenvalue weighted by Crippen LogP contribution is -2.43. The van der Waals surface area contributed by atoms with Crippen molar-refractivity contribution < 1.29 is 14.6 Å². The Morgan fingerprint density at radius 3 is 2.65 bits per heavy atom. The quantitative estimate of drug-likeness (QED) is 0.310. The van der Waals surface area contributed by atoms with E-state index in [9.17, 15) is 5.11 Å². The van der Waals surface area contributed by atoms with Gasteiger partial charge in [-0.25, -0.2) is 0 Å². The zero-order valence-electron chi connectivity index (χ0n) is 12.8. The minimum Gasteiger partial charge on any atom is -0.388 e. The molecule has 0 unspecified atom stereocenters. The topological polar surface area (TPSA) is 75.1 Å². The smallest absolute Gasteiger partial charge is 0.191 e. The number of guanidine groups is 1. The maximum Gasteiger partial charge on any atom is 0.191 e. The van der Waals surface area contributed by atoms with Crippen molar-refractivity contribution in [1.82, 2.24) is 10.6 Å². The number of methoxy groups -OCH3 is 1. The third kappa shape index (κ3) is 7.07. The van der Waals surface area contributed by atoms with Crippen molar-refractivity contribution in [2.24, 2.45) is 4.99 Å². The highest BCUT2D eigenvalue weighted by Crippen LogP contribution is 2.31. The third-order valence-corrected chi connectivity index (χ3v) is 3.35. The molecule has 0 atom stereocenters. The number of ether oxygens (including phenoxy) is 2. The fourth-order valence-corrected chi connectivity index (χ4v) is 1.94. The van der Waals surface area contributed by atoms with E-state index in [2.05, 4.69) is 15.6 Å². The molecule has 1 saturated carbocycles. The minimum atomic E-state index is -0.564. The Morgan fingerprint density at radius 1 is 1.25 bits per heavy atom. The number of aliphatic imine (C=N–C) groups is 1. The van der Waals surface area contributed by atoms with Crippen LogP contribution in [0, 0.1) is 0 Å². The number of hydrogen-bond acceptors (Lipinski definition) is 4. The summed E-state index contributed by atoms with van der Waals surface area (Å²) < 4.78 is 10.3. The highest BCUT2D eigenvalue weighted by Gasteiger charge is 2.34. The first-order valence-electron chi connectivity index (χ1n) is 7.51. The molecule has 0 aromatic rings. The predicted molar refractivity (Wildman–Crippen MR) is 80.1 cm³/mol. The first kappa shape index (κ1) is 17.2. The van der Waals surface area contributed by atoms with E-state index in [4.69, 9.17) is 9.47 Å². The highest BCUT2D eigenvalue weighted by atomic mass is 16.5. The van der Waals surface area contributed by atoms with Crippen molar-refractivity contribution in [3.8, 4) is 0 Å². The zero-order chi connectivity index (χ0) is 14.7. The Balaban J connectivity index is 2.13. The van der Waals surface area contributed by atoms with Gasteiger partial charge >= 0.3 is 0 Å². The van der Waals surface area contributed by atoms with Gasteiger partial charge in [-0.1, -0.05) is 0 Å². The van der Waals surface area contributed by atoms with E-state index in [1.165, 1.54) is 0 Å². The normalized spacial score (nSPS) is 17.6. The van der Waals surface area contributed by atoms with Gasteiger partial charge in [-0.2, -0.15) is 0 Å². The van der Waals surface area contributed by atoms with Gasteiger partial charge in [0.1, 0.15) is 0 Å². The summed E-state index contributed by atoms with van der Waals surface area (Å²) >= 11 is 0. The average molecular weight is 287 g/mol. The molecule has 1 rings (SSSR count). The summed E-state index contributed by atoms with van der Waals surface area (Å²) in [7, 11) is 1.67. The van der Waals surface area contributed by atoms with Crippen molar-refractivity contribution in [2.75, 3.05) is 46.6 Å². The van der Waals surface area contributed by atoms with Crippen LogP contribution in [0.1, 0.15) is 32.6 Å². The Hall–Kier alpha value is -0.850. The van der Waals surface area contributed by atoms with Crippen LogP contribution in [0.15, 0.2) is 4.99 Å². The molecule has 1 aliphatic rings. The highest BCUT2D eigenvalue weighted by molar-refractivity contribution is 5.79. The maximum absolute atomic E-state index is 10.0. The Labute approximate surface area is 121 Å². The summed E-state index contributed by atoms with van der Waals surface area (Å²) in [5.41, 5.74) is -0.564. The van der Waals surface area contributed by atoms with E-state index in [1.807, 2.05) is 6.92 Å². The molecule has 0 spiro atoms. The fourth-order valence-electron chi connectivity index (χ4n) is 1.94. The Bertz CT molecular complexity index is 281. The van der Waals surface area contributed by atoms with Crippen molar-refractivity contribution in [1.29, 1.82) is 0 Å². The predicted octanol–water partition coefficient (Wildman–Crippen LogP) is 0.510. The van der Waals surface area contributed by atoms with Gasteiger partial charge in [0.2, 0.25) is 0 Å². The molecule has 1 aliphatic carbocycles. The first-order valence-corrected chi connectivity index (χ1v) is 7.51. The Kier molecular flexibility index (Phi) is 8.57. The van der Waals surface area contributed by atoms with Gasteiger partial charge in [0.25, 0.3) is 0 Å². The lowest BCUT2D eigenvalue weighted by atomic mass is 9.80. The molecule has 0 aromatic heterocycles. The molecule has 3 N–H and O–H groups in total. The van der Waals surface area contributed by atoms with E-state index in [0.717, 1.165) is 44.7 Å². The summed E-state index contributed by atoms with van der Waals surface area (Å²) in [6.07, 6.45) is 3.75. The number of rotatable bonds is 10. The van der Waals surface area contributed by atoms with Gasteiger partial charge in [-0.05, 0) is 32.6 Å². The summed E-state index contributed by atoms with van der Waals surface area (Å²) in [6.45, 7) is 6.11. The molecule has 0 aliphatic heterocycles. The summed E-state index contributed by atoms with van der Waals surface area (Å²) in [6, 6.07) is 0. The van der Waals surface area contributed by atoms with E-state index in [0.29, 0.717) is 26.4 Å². The molecule has 6 heteroatoms. The van der Waals surface area contributed by atoms with E-state index in [1.54, 1.807) is 7.11 Å². The molecule has 118 valence electrons. The van der Waals surface area contributed by atoms with Gasteiger partial charge in [0.15, 0.2) is 5.96 Å². The summed E-state index contributed by atoms with van der Waals surface area (Å²) in [4.78, 5) is 4.44. The number of nitrogens with zero attached hydrogens (tertiary/aromatic N) is 1. The minimum absolute atomic E-state index is 0.479. The van der Waals surface area contributed by atoms with Gasteiger partial charge < -0.3 is 25.2 Å². The SMILES string of the molecule is CCNC(=NCC1(O)CCC1)NCCCOCCOC. The van der Waals surface area contributed by atoms with Gasteiger partial charge in [0.05, 0.1) is 25.4 Å². The van der Waals surface area contributed by atoms with Crippen LogP contribution in [0.2, 0.25) is 0 Å². The lowest BCUT2D eigenvalue weighted by Gasteiger charge is -2.35. The lowest BCUT2D eigenvalue weighted by molar-refractivity contribution is -0.0236. The van der Waals surface area contributed by atoms with Crippen LogP contribution >= 0.6 is 0 Å². The van der Waals surface area contributed by atoms with Crippen molar-refractivity contribution >= 4 is 5.96 Å². The number of hydrogen-bond donors (Lipinski definition) is 3. The Morgan fingerprint density at radius 2 is 2.05 bits per heavy atom. The fraction of sp³-hybridized carbons (Fsp3) is 0.929. The standard InChI is InChI=1S/C14H29N3O3/c1-3-15-13(17-12-14(18)6-4-7-14)16-8-5-9-20-11-10-19-2/h18H,3-12H2,1-2H3,(H2,15,16,17). The van der Waals surface area contributed by atoms with Crippen molar-refractivity contribution in [3.05, 3.63) is 0 Å². The van der Waals surface area contributed by atoms with Crippen molar-refractivity contribution in [3.63, 3.8) is 0 Å². The molecule has 20 heavy (non-hydrogen) atoms. The largest absolute Gasteiger partial charge is 0.388 e. The first-order chi connectivity index (χ1) is 9.70. The molecule has 0 saturated heterocycles. The van der Waals surface area contributed by atoms with Crippen LogP contribution in [-0.2, 0) is 9.47 Å². The molecule has 0 radical (unpaired) electrons. The second-order valence-corrected chi connectivity index (χ2v) is 5.16. The molecular weight excluding hydrogens is 258 g/mol. The molecule has 0 amide bonds. The van der Waals surface area contributed by atoms with Crippen LogP contribution in [-0.4, -0.2) is 63.2 Å². The van der Waals surface area contributed by atoms with Crippen LogP contribution in [0.3, 0.4) is 0 Å². The second-order valence-electron chi connectivity index (χ2n) is 5.16. The van der Waals surface area contributed by atoms with E-state index >= 15 is 0 Å². The van der Waals surface area contributed by atoms with E-state index < -0.39 is 5.60 Å². The zero-order valence-corrected chi connectivity index (χ0v) is 12.8. The van der Waals surface area contributed by atoms with Gasteiger partial charge in [-0.15, -0.1) is 0 Å². The van der Waals surface area contributed by atoms with E-state index in [-0.39, 0.29) is 0 Å². The van der Waals surface area contributed by atoms with Gasteiger partial charge in [-0.3, -0.25) is 4.99 Å². The summed E-state index contributed by atoms with van der Waals surface area (Å²) in [5.74, 6) is 0.768. The van der Waals surface area contributed by atoms with Gasteiger partial charge in [0, 0.05) is 26.8 Å². The third-order valence-electron chi connectivity index (χ3n) is 3.35. The molecule has 0 aromatic carbocycles. The maximum atomic E-state index is 10.0. The number of nitrogens with one attached hydrogen (secondary N) is 2. The summed E-state index contributed by atoms with van der Waals surface area (Å²) in [5, 5.41) is 16.5. The van der Waals surface area contributed by atoms with Crippen LogP contribution < -0.4 is 10.6 Å². The second kappa shape index (κ2) is 9.96. The van der Waals surface area contributed by atoms with Crippen LogP contribution in [0.25, 0.3) is 0 Å². The van der Waals surface area contributed by atoms with Crippen LogP contribution in [0.5, 0.6) is 0 Å². The molecule has 6 nitrogen and oxygen atoms in total. The van der Waals surface area contributed by atoms with Crippen LogP contribution in [0.4, 0.5) is 0 Å². The average Bonchev–Trinajstić information content (AvgIpc) is 2.41.